The van der Waals surface area contributed by atoms with E-state index in [0.717, 1.165) is 26.1 Å². The third-order valence-corrected chi connectivity index (χ3v) is 4.30. The molecule has 0 unspecified atom stereocenters. The topological polar surface area (TPSA) is 32.3 Å². The Morgan fingerprint density at radius 3 is 2.80 bits per heavy atom. The Morgan fingerprint density at radius 1 is 1.45 bits per heavy atom. The van der Waals surface area contributed by atoms with Crippen molar-refractivity contribution < 1.29 is 4.79 Å². The van der Waals surface area contributed by atoms with Crippen LogP contribution in [0.2, 0.25) is 10.0 Å². The minimum atomic E-state index is -0.0279. The highest BCUT2D eigenvalue weighted by atomic mass is 35.5. The third kappa shape index (κ3) is 3.46. The SMILES string of the molecule is CC(C)CN(C(=O)c1cccc(Cl)c1Cl)[C@@H]1CCNC1. The first-order valence-electron chi connectivity index (χ1n) is 6.96. The van der Waals surface area contributed by atoms with E-state index in [9.17, 15) is 4.79 Å². The van der Waals surface area contributed by atoms with Crippen LogP contribution in [0.15, 0.2) is 18.2 Å². The molecular formula is C15H20Cl2N2O. The van der Waals surface area contributed by atoms with E-state index >= 15 is 0 Å². The molecule has 1 aliphatic rings. The summed E-state index contributed by atoms with van der Waals surface area (Å²) in [5.74, 6) is 0.386. The molecule has 5 heteroatoms. The third-order valence-electron chi connectivity index (χ3n) is 3.48. The lowest BCUT2D eigenvalue weighted by Crippen LogP contribution is -2.43. The van der Waals surface area contributed by atoms with Crippen molar-refractivity contribution in [2.24, 2.45) is 5.92 Å². The van der Waals surface area contributed by atoms with Crippen LogP contribution < -0.4 is 5.32 Å². The predicted molar refractivity (Wildman–Crippen MR) is 83.6 cm³/mol. The number of nitrogens with zero attached hydrogens (tertiary/aromatic N) is 1. The molecule has 1 N–H and O–H groups in total. The Hall–Kier alpha value is -0.770. The van der Waals surface area contributed by atoms with E-state index in [4.69, 9.17) is 23.2 Å². The number of amides is 1. The van der Waals surface area contributed by atoms with Crippen molar-refractivity contribution in [3.05, 3.63) is 33.8 Å². The zero-order valence-corrected chi connectivity index (χ0v) is 13.3. The van der Waals surface area contributed by atoms with Crippen LogP contribution in [0.25, 0.3) is 0 Å². The van der Waals surface area contributed by atoms with Gasteiger partial charge in [-0.25, -0.2) is 0 Å². The lowest BCUT2D eigenvalue weighted by atomic mass is 10.1. The number of hydrogen-bond donors (Lipinski definition) is 1. The smallest absolute Gasteiger partial charge is 0.255 e. The van der Waals surface area contributed by atoms with Crippen LogP contribution in [0.4, 0.5) is 0 Å². The average molecular weight is 315 g/mol. The minimum absolute atomic E-state index is 0.0279. The lowest BCUT2D eigenvalue weighted by molar-refractivity contribution is 0.0667. The van der Waals surface area contributed by atoms with Gasteiger partial charge in [0.25, 0.3) is 5.91 Å². The van der Waals surface area contributed by atoms with E-state index in [1.54, 1.807) is 18.2 Å². The summed E-state index contributed by atoms with van der Waals surface area (Å²) in [5.41, 5.74) is 0.492. The Bertz CT molecular complexity index is 485. The highest BCUT2D eigenvalue weighted by Gasteiger charge is 2.29. The lowest BCUT2D eigenvalue weighted by Gasteiger charge is -2.30. The highest BCUT2D eigenvalue weighted by molar-refractivity contribution is 6.43. The van der Waals surface area contributed by atoms with E-state index in [1.165, 1.54) is 0 Å². The Kier molecular flexibility index (Phi) is 5.30. The van der Waals surface area contributed by atoms with E-state index < -0.39 is 0 Å². The summed E-state index contributed by atoms with van der Waals surface area (Å²) < 4.78 is 0. The first-order valence-corrected chi connectivity index (χ1v) is 7.72. The van der Waals surface area contributed by atoms with Crippen LogP contribution in [-0.2, 0) is 0 Å². The van der Waals surface area contributed by atoms with Gasteiger partial charge in [0.05, 0.1) is 15.6 Å². The molecule has 0 aromatic heterocycles. The molecule has 1 heterocycles. The maximum Gasteiger partial charge on any atom is 0.255 e. The zero-order chi connectivity index (χ0) is 14.7. The Labute approximate surface area is 130 Å². The van der Waals surface area contributed by atoms with Crippen LogP contribution in [0.5, 0.6) is 0 Å². The molecule has 0 radical (unpaired) electrons. The van der Waals surface area contributed by atoms with Gasteiger partial charge in [0.1, 0.15) is 0 Å². The maximum absolute atomic E-state index is 12.8. The average Bonchev–Trinajstić information content (AvgIpc) is 2.92. The van der Waals surface area contributed by atoms with Crippen LogP contribution in [-0.4, -0.2) is 36.5 Å². The van der Waals surface area contributed by atoms with Crippen molar-refractivity contribution in [2.75, 3.05) is 19.6 Å². The van der Waals surface area contributed by atoms with Crippen molar-refractivity contribution in [3.8, 4) is 0 Å². The van der Waals surface area contributed by atoms with Crippen molar-refractivity contribution in [2.45, 2.75) is 26.3 Å². The summed E-state index contributed by atoms with van der Waals surface area (Å²) in [5, 5.41) is 4.07. The summed E-state index contributed by atoms with van der Waals surface area (Å²) in [4.78, 5) is 14.7. The second-order valence-electron chi connectivity index (χ2n) is 5.60. The molecule has 0 saturated carbocycles. The van der Waals surface area contributed by atoms with Gasteiger partial charge in [-0.3, -0.25) is 4.79 Å². The van der Waals surface area contributed by atoms with Crippen LogP contribution in [0.3, 0.4) is 0 Å². The van der Waals surface area contributed by atoms with E-state index in [-0.39, 0.29) is 11.9 Å². The van der Waals surface area contributed by atoms with Gasteiger partial charge < -0.3 is 10.2 Å². The molecule has 110 valence electrons. The molecule has 0 spiro atoms. The number of carbonyl (C=O) groups is 1. The summed E-state index contributed by atoms with van der Waals surface area (Å²) in [6.45, 7) is 6.75. The molecule has 0 aliphatic carbocycles. The number of nitrogens with one attached hydrogen (secondary N) is 1. The van der Waals surface area contributed by atoms with Crippen molar-refractivity contribution in [3.63, 3.8) is 0 Å². The van der Waals surface area contributed by atoms with Crippen LogP contribution in [0.1, 0.15) is 30.6 Å². The van der Waals surface area contributed by atoms with Gasteiger partial charge in [-0.2, -0.15) is 0 Å². The molecular weight excluding hydrogens is 295 g/mol. The van der Waals surface area contributed by atoms with E-state index in [0.29, 0.717) is 21.5 Å². The van der Waals surface area contributed by atoms with Gasteiger partial charge in [-0.15, -0.1) is 0 Å². The maximum atomic E-state index is 12.8. The first kappa shape index (κ1) is 15.6. The molecule has 0 bridgehead atoms. The molecule has 1 aromatic carbocycles. The fourth-order valence-corrected chi connectivity index (χ4v) is 2.90. The van der Waals surface area contributed by atoms with Gasteiger partial charge in [0.15, 0.2) is 0 Å². The number of rotatable bonds is 4. The second-order valence-corrected chi connectivity index (χ2v) is 6.38. The van der Waals surface area contributed by atoms with Crippen molar-refractivity contribution in [1.82, 2.24) is 10.2 Å². The number of hydrogen-bond acceptors (Lipinski definition) is 2. The molecule has 1 saturated heterocycles. The highest BCUT2D eigenvalue weighted by Crippen LogP contribution is 2.27. The molecule has 1 aliphatic heterocycles. The van der Waals surface area contributed by atoms with Gasteiger partial charge in [-0.05, 0) is 31.0 Å². The van der Waals surface area contributed by atoms with Gasteiger partial charge in [0.2, 0.25) is 0 Å². The number of halogens is 2. The predicted octanol–water partition coefficient (Wildman–Crippen LogP) is 3.45. The first-order chi connectivity index (χ1) is 9.50. The molecule has 20 heavy (non-hydrogen) atoms. The molecule has 1 fully saturated rings. The van der Waals surface area contributed by atoms with E-state index in [2.05, 4.69) is 19.2 Å². The van der Waals surface area contributed by atoms with Crippen LogP contribution in [0, 0.1) is 5.92 Å². The summed E-state index contributed by atoms with van der Waals surface area (Å²) in [7, 11) is 0. The zero-order valence-electron chi connectivity index (χ0n) is 11.8. The molecule has 2 rings (SSSR count). The molecule has 1 atom stereocenters. The number of carbonyl (C=O) groups excluding carboxylic acids is 1. The number of benzene rings is 1. The van der Waals surface area contributed by atoms with Crippen molar-refractivity contribution in [1.29, 1.82) is 0 Å². The molecule has 1 amide bonds. The quantitative estimate of drug-likeness (QED) is 0.923. The monoisotopic (exact) mass is 314 g/mol. The minimum Gasteiger partial charge on any atom is -0.334 e. The largest absolute Gasteiger partial charge is 0.334 e. The van der Waals surface area contributed by atoms with Gasteiger partial charge >= 0.3 is 0 Å². The fraction of sp³-hybridized carbons (Fsp3) is 0.533. The second kappa shape index (κ2) is 6.79. The normalized spacial score (nSPS) is 18.6. The standard InChI is InChI=1S/C15H20Cl2N2O/c1-10(2)9-19(11-6-7-18-8-11)15(20)12-4-3-5-13(16)14(12)17/h3-5,10-11,18H,6-9H2,1-2H3/t11-/m1/s1. The summed E-state index contributed by atoms with van der Waals surface area (Å²) in [6, 6.07) is 5.44. The van der Waals surface area contributed by atoms with Crippen molar-refractivity contribution >= 4 is 29.1 Å². The Morgan fingerprint density at radius 2 is 2.20 bits per heavy atom. The van der Waals surface area contributed by atoms with Gasteiger partial charge in [-0.1, -0.05) is 43.1 Å². The Balaban J connectivity index is 2.27. The van der Waals surface area contributed by atoms with Crippen LogP contribution >= 0.6 is 23.2 Å². The summed E-state index contributed by atoms with van der Waals surface area (Å²) >= 11 is 12.2. The molecule has 1 aromatic rings. The van der Waals surface area contributed by atoms with Gasteiger partial charge in [0, 0.05) is 19.1 Å². The fourth-order valence-electron chi connectivity index (χ4n) is 2.52. The molecule has 3 nitrogen and oxygen atoms in total. The summed E-state index contributed by atoms with van der Waals surface area (Å²) in [6.07, 6.45) is 0.983. The van der Waals surface area contributed by atoms with E-state index in [1.807, 2.05) is 4.90 Å².